The predicted octanol–water partition coefficient (Wildman–Crippen LogP) is 3.16. The lowest BCUT2D eigenvalue weighted by atomic mass is 10.0. The van der Waals surface area contributed by atoms with Gasteiger partial charge in [0.05, 0.1) is 18.9 Å². The Labute approximate surface area is 191 Å². The third kappa shape index (κ3) is 4.42. The first kappa shape index (κ1) is 22.8. The first-order valence-electron chi connectivity index (χ1n) is 11.4. The van der Waals surface area contributed by atoms with Gasteiger partial charge >= 0.3 is 0 Å². The maximum atomic E-state index is 13.7. The maximum Gasteiger partial charge on any atom is 0.294 e. The van der Waals surface area contributed by atoms with E-state index in [9.17, 15) is 9.90 Å². The number of β-amino-alcohol motifs (C(OH)–C–C–N with tert-alkyl or cyclic N) is 1. The minimum Gasteiger partial charge on any atom is -0.386 e. The Morgan fingerprint density at radius 1 is 1.25 bits per heavy atom. The molecule has 4 rings (SSSR count). The molecule has 0 unspecified atom stereocenters. The Balaban J connectivity index is 1.80. The van der Waals surface area contributed by atoms with Crippen molar-refractivity contribution in [1.29, 1.82) is 0 Å². The van der Waals surface area contributed by atoms with Gasteiger partial charge in [-0.3, -0.25) is 14.5 Å². The summed E-state index contributed by atoms with van der Waals surface area (Å²) in [4.78, 5) is 23.9. The molecule has 3 heterocycles. The highest BCUT2D eigenvalue weighted by atomic mass is 16.7. The van der Waals surface area contributed by atoms with E-state index in [2.05, 4.69) is 73.5 Å². The molecule has 1 aromatic heterocycles. The molecule has 2 aliphatic rings. The fourth-order valence-electron chi connectivity index (χ4n) is 4.81. The smallest absolute Gasteiger partial charge is 0.294 e. The summed E-state index contributed by atoms with van der Waals surface area (Å²) in [6, 6.07) is 6.31. The molecule has 0 radical (unpaired) electrons. The van der Waals surface area contributed by atoms with E-state index in [0.717, 1.165) is 24.5 Å². The molecule has 2 aromatic rings. The minimum absolute atomic E-state index is 0.123. The number of amides is 1. The van der Waals surface area contributed by atoms with Gasteiger partial charge < -0.3 is 14.6 Å². The van der Waals surface area contributed by atoms with Crippen molar-refractivity contribution in [1.82, 2.24) is 14.5 Å². The molecule has 174 valence electrons. The van der Waals surface area contributed by atoms with E-state index in [4.69, 9.17) is 4.84 Å². The highest BCUT2D eigenvalue weighted by molar-refractivity contribution is 5.96. The third-order valence-electron chi connectivity index (χ3n) is 6.34. The Morgan fingerprint density at radius 2 is 1.94 bits per heavy atom. The van der Waals surface area contributed by atoms with Gasteiger partial charge in [-0.05, 0) is 50.4 Å². The topological polar surface area (TPSA) is 61.2 Å². The Kier molecular flexibility index (Phi) is 6.09. The zero-order chi connectivity index (χ0) is 23.2. The van der Waals surface area contributed by atoms with Gasteiger partial charge in [-0.15, -0.1) is 0 Å². The lowest BCUT2D eigenvalue weighted by Gasteiger charge is -2.36. The van der Waals surface area contributed by atoms with Crippen molar-refractivity contribution in [2.24, 2.45) is 5.92 Å². The van der Waals surface area contributed by atoms with Crippen LogP contribution in [0.4, 0.5) is 5.69 Å². The second kappa shape index (κ2) is 8.54. The van der Waals surface area contributed by atoms with Crippen molar-refractivity contribution in [3.63, 3.8) is 0 Å². The van der Waals surface area contributed by atoms with Crippen LogP contribution in [0.25, 0.3) is 0 Å². The van der Waals surface area contributed by atoms with Gasteiger partial charge in [0.1, 0.15) is 17.9 Å². The van der Waals surface area contributed by atoms with Crippen molar-refractivity contribution in [2.45, 2.75) is 53.3 Å². The number of carbonyl (C=O) groups is 1. The number of aliphatic hydroxyl groups is 1. The number of aromatic nitrogens is 1. The largest absolute Gasteiger partial charge is 0.386 e. The van der Waals surface area contributed by atoms with Crippen LogP contribution in [-0.2, 0) is 17.9 Å². The monoisotopic (exact) mass is 440 g/mol. The standard InChI is InChI=1S/C25H36N4O3/c1-17(2)10-28-16-26(6)11-21-22(28)13-27(12-20-18(3)8-7-9-19(20)4)23(21)24(30)29-14-25(5,31)15-32-29/h7-9,13,17,31H,10-12,14-16H2,1-6H3/t25-/m0/s1. The van der Waals surface area contributed by atoms with E-state index >= 15 is 0 Å². The molecule has 0 aliphatic carbocycles. The van der Waals surface area contributed by atoms with Crippen LogP contribution in [-0.4, -0.2) is 64.6 Å². The normalized spacial score (nSPS) is 21.5. The Morgan fingerprint density at radius 3 is 2.53 bits per heavy atom. The van der Waals surface area contributed by atoms with Gasteiger partial charge in [0.2, 0.25) is 0 Å². The number of nitrogens with zero attached hydrogens (tertiary/aromatic N) is 4. The lowest BCUT2D eigenvalue weighted by Crippen LogP contribution is -2.42. The van der Waals surface area contributed by atoms with Crippen molar-refractivity contribution in [3.05, 3.63) is 52.3 Å². The molecule has 1 saturated heterocycles. The molecular weight excluding hydrogens is 404 g/mol. The fraction of sp³-hybridized carbons (Fsp3) is 0.560. The van der Waals surface area contributed by atoms with Gasteiger partial charge in [0.25, 0.3) is 5.91 Å². The summed E-state index contributed by atoms with van der Waals surface area (Å²) in [7, 11) is 2.09. The second-order valence-corrected chi connectivity index (χ2v) is 10.2. The van der Waals surface area contributed by atoms with Gasteiger partial charge in [0, 0.05) is 31.4 Å². The number of rotatable bonds is 5. The highest BCUT2D eigenvalue weighted by Gasteiger charge is 2.39. The molecule has 1 amide bonds. The first-order chi connectivity index (χ1) is 15.1. The van der Waals surface area contributed by atoms with Crippen LogP contribution in [0.5, 0.6) is 0 Å². The van der Waals surface area contributed by atoms with Crippen LogP contribution >= 0.6 is 0 Å². The highest BCUT2D eigenvalue weighted by Crippen LogP contribution is 2.35. The van der Waals surface area contributed by atoms with Gasteiger partial charge in [-0.25, -0.2) is 5.06 Å². The Hall–Kier alpha value is -2.35. The van der Waals surface area contributed by atoms with Crippen molar-refractivity contribution in [2.75, 3.05) is 38.3 Å². The molecule has 1 aromatic carbocycles. The summed E-state index contributed by atoms with van der Waals surface area (Å²) in [5.74, 6) is 0.322. The van der Waals surface area contributed by atoms with E-state index in [1.807, 2.05) is 0 Å². The second-order valence-electron chi connectivity index (χ2n) is 10.2. The van der Waals surface area contributed by atoms with E-state index < -0.39 is 5.60 Å². The lowest BCUT2D eigenvalue weighted by molar-refractivity contribution is -0.0803. The Bertz CT molecular complexity index is 991. The van der Waals surface area contributed by atoms with Crippen LogP contribution in [0.2, 0.25) is 0 Å². The zero-order valence-electron chi connectivity index (χ0n) is 20.2. The summed E-state index contributed by atoms with van der Waals surface area (Å²) in [5.41, 5.74) is 5.44. The third-order valence-corrected chi connectivity index (χ3v) is 6.34. The molecule has 7 nitrogen and oxygen atoms in total. The van der Waals surface area contributed by atoms with E-state index in [1.165, 1.54) is 21.8 Å². The van der Waals surface area contributed by atoms with Gasteiger partial charge in [0.15, 0.2) is 0 Å². The number of aryl methyl sites for hydroxylation is 2. The van der Waals surface area contributed by atoms with E-state index in [-0.39, 0.29) is 19.1 Å². The molecule has 1 N–H and O–H groups in total. The van der Waals surface area contributed by atoms with Crippen molar-refractivity contribution in [3.8, 4) is 0 Å². The summed E-state index contributed by atoms with van der Waals surface area (Å²) >= 11 is 0. The van der Waals surface area contributed by atoms with Crippen LogP contribution in [0, 0.1) is 19.8 Å². The molecule has 0 spiro atoms. The molecule has 1 atom stereocenters. The average Bonchev–Trinajstić information content (AvgIpc) is 3.23. The molecule has 2 aliphatic heterocycles. The van der Waals surface area contributed by atoms with Crippen LogP contribution in [0.3, 0.4) is 0 Å². The molecular formula is C25H36N4O3. The average molecular weight is 441 g/mol. The van der Waals surface area contributed by atoms with Crippen molar-refractivity contribution < 1.29 is 14.7 Å². The molecule has 0 bridgehead atoms. The number of anilines is 1. The summed E-state index contributed by atoms with van der Waals surface area (Å²) in [6.45, 7) is 13.7. The number of hydrogen-bond acceptors (Lipinski definition) is 5. The van der Waals surface area contributed by atoms with Crippen LogP contribution in [0.15, 0.2) is 24.4 Å². The number of carbonyl (C=O) groups excluding carboxylic acids is 1. The quantitative estimate of drug-likeness (QED) is 0.774. The molecule has 0 saturated carbocycles. The fourth-order valence-corrected chi connectivity index (χ4v) is 4.81. The molecule has 7 heteroatoms. The number of hydroxylamine groups is 2. The predicted molar refractivity (Wildman–Crippen MR) is 126 cm³/mol. The van der Waals surface area contributed by atoms with Gasteiger partial charge in [-0.2, -0.15) is 0 Å². The van der Waals surface area contributed by atoms with Crippen LogP contribution in [0.1, 0.15) is 53.5 Å². The van der Waals surface area contributed by atoms with Crippen molar-refractivity contribution >= 4 is 11.6 Å². The molecule has 32 heavy (non-hydrogen) atoms. The maximum absolute atomic E-state index is 13.7. The van der Waals surface area contributed by atoms with E-state index in [0.29, 0.717) is 24.7 Å². The minimum atomic E-state index is -1.03. The zero-order valence-corrected chi connectivity index (χ0v) is 20.2. The number of benzene rings is 1. The SMILES string of the molecule is Cc1cccc(C)c1Cn1cc2c(c1C(=O)N1C[C@](C)(O)CO1)CN(C)CN2CC(C)C. The summed E-state index contributed by atoms with van der Waals surface area (Å²) in [5, 5.41) is 11.7. The summed E-state index contributed by atoms with van der Waals surface area (Å²) in [6.07, 6.45) is 2.14. The summed E-state index contributed by atoms with van der Waals surface area (Å²) < 4.78 is 2.09. The first-order valence-corrected chi connectivity index (χ1v) is 11.4. The number of hydrogen-bond donors (Lipinski definition) is 1. The van der Waals surface area contributed by atoms with Crippen LogP contribution < -0.4 is 4.90 Å². The van der Waals surface area contributed by atoms with E-state index in [1.54, 1.807) is 6.92 Å². The van der Waals surface area contributed by atoms with Gasteiger partial charge in [-0.1, -0.05) is 32.0 Å². The molecule has 1 fully saturated rings. The number of fused-ring (bicyclic) bond motifs is 1.